The Morgan fingerprint density at radius 1 is 1.11 bits per heavy atom. The summed E-state index contributed by atoms with van der Waals surface area (Å²) in [6.45, 7) is 6.54. The van der Waals surface area contributed by atoms with E-state index in [0.29, 0.717) is 39.1 Å². The lowest BCUT2D eigenvalue weighted by atomic mass is 10.0. The average molecular weight is 547 g/mol. The molecule has 2 N–H and O–H groups in total. The van der Waals surface area contributed by atoms with Gasteiger partial charge in [-0.25, -0.2) is 5.14 Å². The van der Waals surface area contributed by atoms with E-state index in [1.807, 2.05) is 0 Å². The fourth-order valence-corrected chi connectivity index (χ4v) is 5.61. The second-order valence-electron chi connectivity index (χ2n) is 9.32. The van der Waals surface area contributed by atoms with Gasteiger partial charge in [-0.3, -0.25) is 9.69 Å². The molecule has 0 bridgehead atoms. The van der Waals surface area contributed by atoms with Crippen LogP contribution >= 0.6 is 12.2 Å². The highest BCUT2D eigenvalue weighted by molar-refractivity contribution is 7.86. The van der Waals surface area contributed by atoms with Crippen LogP contribution in [0.15, 0.2) is 18.2 Å². The van der Waals surface area contributed by atoms with E-state index < -0.39 is 39.0 Å². The van der Waals surface area contributed by atoms with Crippen LogP contribution < -0.4 is 10.0 Å². The van der Waals surface area contributed by atoms with Crippen LogP contribution in [0.25, 0.3) is 0 Å². The summed E-state index contributed by atoms with van der Waals surface area (Å²) in [6, 6.07) is 4.67. The van der Waals surface area contributed by atoms with E-state index in [9.17, 15) is 26.4 Å². The van der Waals surface area contributed by atoms with Gasteiger partial charge in [0, 0.05) is 32.7 Å². The van der Waals surface area contributed by atoms with Crippen LogP contribution in [0.1, 0.15) is 44.2 Å². The van der Waals surface area contributed by atoms with E-state index in [1.165, 1.54) is 16.4 Å². The van der Waals surface area contributed by atoms with Crippen molar-refractivity contribution in [3.8, 4) is 6.07 Å². The van der Waals surface area contributed by atoms with Gasteiger partial charge in [-0.1, -0.05) is 6.42 Å². The molecule has 9 nitrogen and oxygen atoms in total. The van der Waals surface area contributed by atoms with E-state index in [-0.39, 0.29) is 10.8 Å². The summed E-state index contributed by atoms with van der Waals surface area (Å²) >= 11 is 5.50. The molecule has 198 valence electrons. The lowest BCUT2D eigenvalue weighted by Gasteiger charge is -2.33. The zero-order valence-electron chi connectivity index (χ0n) is 20.1. The summed E-state index contributed by atoms with van der Waals surface area (Å²) in [4.78, 5) is 18.1. The highest BCUT2D eigenvalue weighted by atomic mass is 32.2. The van der Waals surface area contributed by atoms with Crippen molar-refractivity contribution in [2.75, 3.05) is 44.2 Å². The Labute approximate surface area is 214 Å². The van der Waals surface area contributed by atoms with Crippen LogP contribution in [0, 0.1) is 11.3 Å². The van der Waals surface area contributed by atoms with E-state index in [4.69, 9.17) is 22.6 Å². The van der Waals surface area contributed by atoms with Crippen molar-refractivity contribution in [2.24, 2.45) is 5.14 Å². The first kappa shape index (κ1) is 28.3. The lowest BCUT2D eigenvalue weighted by molar-refractivity contribution is -0.137. The maximum atomic E-state index is 13.4. The number of amides is 1. The molecule has 0 saturated carbocycles. The first-order valence-corrected chi connectivity index (χ1v) is 13.4. The minimum absolute atomic E-state index is 0.0227. The number of nitrogens with zero attached hydrogens (tertiary/aromatic N) is 5. The van der Waals surface area contributed by atoms with Crippen molar-refractivity contribution >= 4 is 39.1 Å². The van der Waals surface area contributed by atoms with Gasteiger partial charge in [0.25, 0.3) is 16.1 Å². The molecule has 2 aliphatic heterocycles. The topological polar surface area (TPSA) is 114 Å². The first-order valence-electron chi connectivity index (χ1n) is 11.5. The monoisotopic (exact) mass is 546 g/mol. The first-order chi connectivity index (χ1) is 16.7. The number of nitrogens with two attached hydrogens (primary N) is 1. The summed E-state index contributed by atoms with van der Waals surface area (Å²) in [7, 11) is -3.66. The van der Waals surface area contributed by atoms with Crippen molar-refractivity contribution in [3.05, 3.63) is 29.3 Å². The third kappa shape index (κ3) is 5.97. The molecule has 0 aliphatic carbocycles. The molecule has 2 saturated heterocycles. The predicted molar refractivity (Wildman–Crippen MR) is 132 cm³/mol. The number of hydrogen-bond donors (Lipinski definition) is 1. The number of rotatable bonds is 8. The standard InChI is InChI=1S/C22H29F3N6O3S2/c1-21(2)19(32)31(17-7-6-16(15-26)18(14-17)22(23,24)25)20(35)30(21)9-5-3-4-8-28-10-12-29(13-11-28)36(27,33)34/h6-7,14H,3-5,8-13H2,1-2H3,(H2,27,33,34). The van der Waals surface area contributed by atoms with Gasteiger partial charge >= 0.3 is 6.18 Å². The van der Waals surface area contributed by atoms with Crippen molar-refractivity contribution in [2.45, 2.75) is 44.8 Å². The van der Waals surface area contributed by atoms with Gasteiger partial charge in [-0.15, -0.1) is 0 Å². The Balaban J connectivity index is 1.58. The number of piperazine rings is 1. The van der Waals surface area contributed by atoms with Gasteiger partial charge in [-0.05, 0) is 63.7 Å². The van der Waals surface area contributed by atoms with Crippen LogP contribution in [0.2, 0.25) is 0 Å². The number of thiocarbonyl (C=S) groups is 1. The molecule has 2 fully saturated rings. The van der Waals surface area contributed by atoms with E-state index in [1.54, 1.807) is 18.7 Å². The average Bonchev–Trinajstić information content (AvgIpc) is 2.96. The van der Waals surface area contributed by atoms with Gasteiger partial charge in [0.05, 0.1) is 22.9 Å². The molecule has 1 aromatic carbocycles. The maximum Gasteiger partial charge on any atom is 0.417 e. The zero-order valence-corrected chi connectivity index (χ0v) is 21.7. The Kier molecular flexibility index (Phi) is 8.31. The molecular weight excluding hydrogens is 517 g/mol. The second-order valence-corrected chi connectivity index (χ2v) is 11.2. The Hall–Kier alpha value is -2.31. The number of anilines is 1. The fraction of sp³-hybridized carbons (Fsp3) is 0.591. The molecule has 36 heavy (non-hydrogen) atoms. The number of halogens is 3. The minimum atomic E-state index is -4.74. The molecule has 3 rings (SSSR count). The van der Waals surface area contributed by atoms with E-state index in [2.05, 4.69) is 4.90 Å². The van der Waals surface area contributed by atoms with Crippen molar-refractivity contribution in [1.82, 2.24) is 14.1 Å². The van der Waals surface area contributed by atoms with Crippen molar-refractivity contribution in [1.29, 1.82) is 5.26 Å². The van der Waals surface area contributed by atoms with Gasteiger partial charge in [0.2, 0.25) is 0 Å². The minimum Gasteiger partial charge on any atom is -0.334 e. The van der Waals surface area contributed by atoms with Gasteiger partial charge < -0.3 is 9.80 Å². The normalized spacial score (nSPS) is 19.7. The smallest absolute Gasteiger partial charge is 0.334 e. The summed E-state index contributed by atoms with van der Waals surface area (Å²) in [5.41, 5.74) is -2.69. The number of benzene rings is 1. The highest BCUT2D eigenvalue weighted by Gasteiger charge is 2.49. The molecule has 14 heteroatoms. The summed E-state index contributed by atoms with van der Waals surface area (Å²) in [5.74, 6) is -0.432. The van der Waals surface area contributed by atoms with E-state index in [0.717, 1.165) is 36.4 Å². The molecule has 1 aromatic rings. The Bertz CT molecular complexity index is 1160. The molecule has 2 heterocycles. The molecule has 0 aromatic heterocycles. The maximum absolute atomic E-state index is 13.4. The van der Waals surface area contributed by atoms with Gasteiger partial charge in [0.1, 0.15) is 5.54 Å². The molecule has 0 spiro atoms. The number of nitriles is 1. The molecule has 2 aliphatic rings. The SMILES string of the molecule is CC1(C)C(=O)N(c2ccc(C#N)c(C(F)(F)F)c2)C(=S)N1CCCCCN1CCN(S(N)(=O)=O)CC1. The highest BCUT2D eigenvalue weighted by Crippen LogP contribution is 2.38. The van der Waals surface area contributed by atoms with Crippen molar-refractivity contribution in [3.63, 3.8) is 0 Å². The van der Waals surface area contributed by atoms with Gasteiger partial charge in [0.15, 0.2) is 5.11 Å². The fourth-order valence-electron chi connectivity index (χ4n) is 4.43. The number of unbranched alkanes of at least 4 members (excludes halogenated alkanes) is 2. The van der Waals surface area contributed by atoms with E-state index >= 15 is 0 Å². The summed E-state index contributed by atoms with van der Waals surface area (Å²) in [6.07, 6.45) is -2.35. The van der Waals surface area contributed by atoms with Crippen LogP contribution in [-0.2, 0) is 21.2 Å². The van der Waals surface area contributed by atoms with Gasteiger partial charge in [-0.2, -0.15) is 31.2 Å². The number of carbonyl (C=O) groups is 1. The van der Waals surface area contributed by atoms with Crippen LogP contribution in [0.4, 0.5) is 18.9 Å². The molecule has 0 unspecified atom stereocenters. The largest absolute Gasteiger partial charge is 0.417 e. The number of carbonyl (C=O) groups excluding carboxylic acids is 1. The summed E-state index contributed by atoms with van der Waals surface area (Å²) < 4.78 is 64.4. The molecule has 0 radical (unpaired) electrons. The zero-order chi connectivity index (χ0) is 26.9. The molecule has 0 atom stereocenters. The molecule has 1 amide bonds. The quantitative estimate of drug-likeness (QED) is 0.393. The Morgan fingerprint density at radius 3 is 2.28 bits per heavy atom. The predicted octanol–water partition coefficient (Wildman–Crippen LogP) is 2.28. The van der Waals surface area contributed by atoms with Crippen LogP contribution in [-0.4, -0.2) is 78.3 Å². The molecular formula is C22H29F3N6O3S2. The van der Waals surface area contributed by atoms with Crippen molar-refractivity contribution < 1.29 is 26.4 Å². The number of hydrogen-bond acceptors (Lipinski definition) is 6. The number of alkyl halides is 3. The lowest BCUT2D eigenvalue weighted by Crippen LogP contribution is -2.50. The van der Waals surface area contributed by atoms with Crippen LogP contribution in [0.3, 0.4) is 0 Å². The van der Waals surface area contributed by atoms with Crippen LogP contribution in [0.5, 0.6) is 0 Å². The third-order valence-electron chi connectivity index (χ3n) is 6.56. The second kappa shape index (κ2) is 10.6. The Morgan fingerprint density at radius 2 is 1.72 bits per heavy atom. The third-order valence-corrected chi connectivity index (χ3v) is 8.05. The summed E-state index contributed by atoms with van der Waals surface area (Å²) in [5, 5.41) is 14.3.